The van der Waals surface area contributed by atoms with Gasteiger partial charge in [-0.2, -0.15) is 4.98 Å². The molecule has 3 aromatic rings. The lowest BCUT2D eigenvalue weighted by Gasteiger charge is -2.23. The zero-order valence-electron chi connectivity index (χ0n) is 10.8. The topological polar surface area (TPSA) is 66.7 Å². The van der Waals surface area contributed by atoms with E-state index in [1.165, 1.54) is 11.1 Å². The standard InChI is InChI=1S/C15H14N4O/c1-2-5-11-10(4-1)7-9-17-13(11)15-18-14(19-20-15)12-6-3-8-16-12/h1-6,8,13,16-17H,7,9H2. The molecule has 100 valence electrons. The van der Waals surface area contributed by atoms with Gasteiger partial charge in [0.15, 0.2) is 0 Å². The highest BCUT2D eigenvalue weighted by molar-refractivity contribution is 5.48. The molecular weight excluding hydrogens is 252 g/mol. The smallest absolute Gasteiger partial charge is 0.248 e. The number of H-pyrrole nitrogens is 1. The summed E-state index contributed by atoms with van der Waals surface area (Å²) in [6.07, 6.45) is 2.88. The van der Waals surface area contributed by atoms with Gasteiger partial charge in [0.05, 0.1) is 5.69 Å². The van der Waals surface area contributed by atoms with Gasteiger partial charge in [0.1, 0.15) is 6.04 Å². The van der Waals surface area contributed by atoms with Crippen molar-refractivity contribution < 1.29 is 4.52 Å². The highest BCUT2D eigenvalue weighted by atomic mass is 16.5. The predicted octanol–water partition coefficient (Wildman–Crippen LogP) is 2.30. The minimum Gasteiger partial charge on any atom is -0.359 e. The summed E-state index contributed by atoms with van der Waals surface area (Å²) in [5, 5.41) is 7.49. The molecule has 0 bridgehead atoms. The molecule has 0 aliphatic carbocycles. The molecule has 0 saturated carbocycles. The van der Waals surface area contributed by atoms with Crippen molar-refractivity contribution in [3.8, 4) is 11.5 Å². The number of nitrogens with one attached hydrogen (secondary N) is 2. The fraction of sp³-hybridized carbons (Fsp3) is 0.200. The molecule has 1 aliphatic heterocycles. The molecule has 1 aliphatic rings. The Hall–Kier alpha value is -2.40. The number of hydrogen-bond donors (Lipinski definition) is 2. The molecule has 2 aromatic heterocycles. The van der Waals surface area contributed by atoms with Gasteiger partial charge in [-0.05, 0) is 29.7 Å². The van der Waals surface area contributed by atoms with Crippen LogP contribution in [-0.4, -0.2) is 21.7 Å². The zero-order valence-corrected chi connectivity index (χ0v) is 10.8. The molecule has 3 heterocycles. The molecule has 0 radical (unpaired) electrons. The maximum absolute atomic E-state index is 5.44. The maximum Gasteiger partial charge on any atom is 0.248 e. The van der Waals surface area contributed by atoms with Gasteiger partial charge in [0, 0.05) is 12.7 Å². The zero-order chi connectivity index (χ0) is 13.4. The molecule has 1 aromatic carbocycles. The first-order valence-electron chi connectivity index (χ1n) is 6.70. The van der Waals surface area contributed by atoms with Crippen LogP contribution in [0.3, 0.4) is 0 Å². The van der Waals surface area contributed by atoms with Crippen LogP contribution in [-0.2, 0) is 6.42 Å². The summed E-state index contributed by atoms with van der Waals surface area (Å²) < 4.78 is 5.44. The predicted molar refractivity (Wildman–Crippen MR) is 74.1 cm³/mol. The molecule has 0 fully saturated rings. The highest BCUT2D eigenvalue weighted by Gasteiger charge is 2.26. The Balaban J connectivity index is 1.72. The van der Waals surface area contributed by atoms with Gasteiger partial charge in [-0.25, -0.2) is 0 Å². The number of benzene rings is 1. The molecular formula is C15H14N4O. The van der Waals surface area contributed by atoms with Crippen LogP contribution < -0.4 is 5.32 Å². The van der Waals surface area contributed by atoms with Crippen molar-refractivity contribution in [3.05, 3.63) is 59.6 Å². The summed E-state index contributed by atoms with van der Waals surface area (Å²) >= 11 is 0. The Kier molecular flexibility index (Phi) is 2.63. The second-order valence-electron chi connectivity index (χ2n) is 4.88. The first kappa shape index (κ1) is 11.4. The van der Waals surface area contributed by atoms with Gasteiger partial charge in [-0.1, -0.05) is 29.4 Å². The first-order valence-corrected chi connectivity index (χ1v) is 6.70. The summed E-state index contributed by atoms with van der Waals surface area (Å²) in [6.45, 7) is 0.919. The van der Waals surface area contributed by atoms with Gasteiger partial charge in [-0.3, -0.25) is 0 Å². The van der Waals surface area contributed by atoms with E-state index in [9.17, 15) is 0 Å². The van der Waals surface area contributed by atoms with E-state index >= 15 is 0 Å². The van der Waals surface area contributed by atoms with E-state index in [1.54, 1.807) is 0 Å². The van der Waals surface area contributed by atoms with Crippen LogP contribution in [0.1, 0.15) is 23.1 Å². The van der Waals surface area contributed by atoms with E-state index in [4.69, 9.17) is 4.52 Å². The quantitative estimate of drug-likeness (QED) is 0.747. The number of fused-ring (bicyclic) bond motifs is 1. The molecule has 2 N–H and O–H groups in total. The van der Waals surface area contributed by atoms with Crippen molar-refractivity contribution >= 4 is 0 Å². The SMILES string of the molecule is c1c[nH]c(-c2noc(C3NCCc4ccccc43)n2)c1. The lowest BCUT2D eigenvalue weighted by molar-refractivity contribution is 0.344. The van der Waals surface area contributed by atoms with Gasteiger partial charge >= 0.3 is 0 Å². The molecule has 0 amide bonds. The fourth-order valence-corrected chi connectivity index (χ4v) is 2.66. The second-order valence-corrected chi connectivity index (χ2v) is 4.88. The molecule has 1 atom stereocenters. The van der Waals surface area contributed by atoms with Crippen LogP contribution in [0, 0.1) is 0 Å². The normalized spacial score (nSPS) is 17.9. The van der Waals surface area contributed by atoms with Crippen LogP contribution in [0.15, 0.2) is 47.1 Å². The average Bonchev–Trinajstić information content (AvgIpc) is 3.17. The minimum atomic E-state index is -0.0174. The van der Waals surface area contributed by atoms with E-state index in [1.807, 2.05) is 24.4 Å². The van der Waals surface area contributed by atoms with Crippen molar-refractivity contribution in [2.45, 2.75) is 12.5 Å². The van der Waals surface area contributed by atoms with Crippen LogP contribution in [0.2, 0.25) is 0 Å². The van der Waals surface area contributed by atoms with E-state index in [-0.39, 0.29) is 6.04 Å². The van der Waals surface area contributed by atoms with E-state index in [0.717, 1.165) is 18.7 Å². The maximum atomic E-state index is 5.44. The summed E-state index contributed by atoms with van der Waals surface area (Å²) in [7, 11) is 0. The minimum absolute atomic E-state index is 0.0174. The van der Waals surface area contributed by atoms with E-state index in [0.29, 0.717) is 11.7 Å². The Labute approximate surface area is 116 Å². The second kappa shape index (κ2) is 4.61. The Morgan fingerprint density at radius 3 is 3.00 bits per heavy atom. The summed E-state index contributed by atoms with van der Waals surface area (Å²) in [4.78, 5) is 7.59. The van der Waals surface area contributed by atoms with Crippen LogP contribution in [0.25, 0.3) is 11.5 Å². The van der Waals surface area contributed by atoms with Gasteiger partial charge < -0.3 is 14.8 Å². The van der Waals surface area contributed by atoms with Gasteiger partial charge in [0.2, 0.25) is 11.7 Å². The lowest BCUT2D eigenvalue weighted by Crippen LogP contribution is -2.30. The Bertz CT molecular complexity index is 717. The fourth-order valence-electron chi connectivity index (χ4n) is 2.66. The third kappa shape index (κ3) is 1.83. The van der Waals surface area contributed by atoms with E-state index < -0.39 is 0 Å². The van der Waals surface area contributed by atoms with Crippen molar-refractivity contribution in [2.24, 2.45) is 0 Å². The number of hydrogen-bond acceptors (Lipinski definition) is 4. The summed E-state index contributed by atoms with van der Waals surface area (Å²) in [5.74, 6) is 1.21. The molecule has 5 heteroatoms. The van der Waals surface area contributed by atoms with Crippen molar-refractivity contribution in [1.29, 1.82) is 0 Å². The number of aromatic nitrogens is 3. The van der Waals surface area contributed by atoms with Crippen molar-refractivity contribution in [1.82, 2.24) is 20.4 Å². The van der Waals surface area contributed by atoms with Gasteiger partial charge in [-0.15, -0.1) is 0 Å². The monoisotopic (exact) mass is 266 g/mol. The van der Waals surface area contributed by atoms with Crippen LogP contribution in [0.5, 0.6) is 0 Å². The molecule has 4 rings (SSSR count). The molecule has 1 unspecified atom stereocenters. The van der Waals surface area contributed by atoms with Crippen molar-refractivity contribution in [2.75, 3.05) is 6.54 Å². The Morgan fingerprint density at radius 2 is 2.10 bits per heavy atom. The van der Waals surface area contributed by atoms with Crippen molar-refractivity contribution in [3.63, 3.8) is 0 Å². The lowest BCUT2D eigenvalue weighted by atomic mass is 9.94. The van der Waals surface area contributed by atoms with E-state index in [2.05, 4.69) is 38.6 Å². The number of aromatic amines is 1. The summed E-state index contributed by atoms with van der Waals surface area (Å²) in [6, 6.07) is 12.2. The summed E-state index contributed by atoms with van der Waals surface area (Å²) in [5.41, 5.74) is 3.43. The Morgan fingerprint density at radius 1 is 1.15 bits per heavy atom. The third-order valence-electron chi connectivity index (χ3n) is 3.64. The molecule has 20 heavy (non-hydrogen) atoms. The van der Waals surface area contributed by atoms with Crippen LogP contribution >= 0.6 is 0 Å². The van der Waals surface area contributed by atoms with Gasteiger partial charge in [0.25, 0.3) is 0 Å². The number of nitrogens with zero attached hydrogens (tertiary/aromatic N) is 2. The molecule has 5 nitrogen and oxygen atoms in total. The molecule has 0 saturated heterocycles. The third-order valence-corrected chi connectivity index (χ3v) is 3.64. The average molecular weight is 266 g/mol. The number of rotatable bonds is 2. The molecule has 0 spiro atoms. The first-order chi connectivity index (χ1) is 9.92. The highest BCUT2D eigenvalue weighted by Crippen LogP contribution is 2.28. The largest absolute Gasteiger partial charge is 0.359 e. The van der Waals surface area contributed by atoms with Crippen LogP contribution in [0.4, 0.5) is 0 Å².